The monoisotopic (exact) mass is 383 g/mol. The molecular weight excluding hydrogens is 357 g/mol. The van der Waals surface area contributed by atoms with Crippen LogP contribution in [0.5, 0.6) is 0 Å². The molecule has 1 aromatic heterocycles. The van der Waals surface area contributed by atoms with Crippen LogP contribution in [0, 0.1) is 24.2 Å². The molecule has 0 aromatic carbocycles. The number of rotatable bonds is 6. The van der Waals surface area contributed by atoms with Crippen LogP contribution in [-0.2, 0) is 16.1 Å². The molecule has 2 aliphatic rings. The van der Waals surface area contributed by atoms with Crippen molar-refractivity contribution in [3.05, 3.63) is 16.1 Å². The second kappa shape index (κ2) is 6.88. The minimum Gasteiger partial charge on any atom is -0.481 e. The fourth-order valence-corrected chi connectivity index (χ4v) is 4.80. The summed E-state index contributed by atoms with van der Waals surface area (Å²) in [6, 6.07) is -0.0777. The Bertz CT molecular complexity index is 708. The SMILES string of the molecule is Cc1nc(CN2C[C@@H](F)C[C@H]2CN(C)C(=O)[C@@H]2[C@H](C(=O)O)C2(C)C)cs1. The Kier molecular flexibility index (Phi) is 5.09. The average Bonchev–Trinajstić information content (AvgIpc) is 2.81. The number of hydrogen-bond donors (Lipinski definition) is 1. The van der Waals surface area contributed by atoms with Gasteiger partial charge in [0, 0.05) is 38.1 Å². The van der Waals surface area contributed by atoms with E-state index in [-0.39, 0.29) is 11.9 Å². The van der Waals surface area contributed by atoms with Gasteiger partial charge in [-0.05, 0) is 18.8 Å². The number of alkyl halides is 1. The topological polar surface area (TPSA) is 73.7 Å². The van der Waals surface area contributed by atoms with E-state index in [4.69, 9.17) is 0 Å². The lowest BCUT2D eigenvalue weighted by atomic mass is 10.1. The second-order valence-electron chi connectivity index (χ2n) is 8.11. The highest BCUT2D eigenvalue weighted by Crippen LogP contribution is 2.58. The quantitative estimate of drug-likeness (QED) is 0.815. The van der Waals surface area contributed by atoms with E-state index in [2.05, 4.69) is 4.98 Å². The van der Waals surface area contributed by atoms with Crippen LogP contribution in [0.3, 0.4) is 0 Å². The summed E-state index contributed by atoms with van der Waals surface area (Å²) in [5.41, 5.74) is 0.405. The Morgan fingerprint density at radius 1 is 1.46 bits per heavy atom. The van der Waals surface area contributed by atoms with E-state index in [0.29, 0.717) is 26.1 Å². The van der Waals surface area contributed by atoms with Crippen molar-refractivity contribution in [3.63, 3.8) is 0 Å². The number of aromatic nitrogens is 1. The van der Waals surface area contributed by atoms with Crippen LogP contribution >= 0.6 is 11.3 Å². The lowest BCUT2D eigenvalue weighted by Crippen LogP contribution is -2.42. The highest BCUT2D eigenvalue weighted by Gasteiger charge is 2.66. The molecule has 0 bridgehead atoms. The summed E-state index contributed by atoms with van der Waals surface area (Å²) >= 11 is 1.57. The molecule has 2 fully saturated rings. The molecule has 0 unspecified atom stereocenters. The first-order chi connectivity index (χ1) is 12.1. The summed E-state index contributed by atoms with van der Waals surface area (Å²) in [6.07, 6.45) is -0.524. The van der Waals surface area contributed by atoms with Gasteiger partial charge in [0.15, 0.2) is 0 Å². The molecule has 1 aliphatic carbocycles. The summed E-state index contributed by atoms with van der Waals surface area (Å²) in [6.45, 7) is 6.89. The number of aliphatic carboxylic acids is 1. The van der Waals surface area contributed by atoms with Crippen LogP contribution in [0.4, 0.5) is 4.39 Å². The largest absolute Gasteiger partial charge is 0.481 e. The number of aryl methyl sites for hydroxylation is 1. The first kappa shape index (κ1) is 19.2. The molecule has 26 heavy (non-hydrogen) atoms. The number of carboxylic acid groups (broad SMARTS) is 1. The van der Waals surface area contributed by atoms with E-state index in [0.717, 1.165) is 10.7 Å². The van der Waals surface area contributed by atoms with Crippen LogP contribution in [0.25, 0.3) is 0 Å². The maximum Gasteiger partial charge on any atom is 0.307 e. The molecule has 2 heterocycles. The number of halogens is 1. The van der Waals surface area contributed by atoms with E-state index >= 15 is 0 Å². The number of amides is 1. The summed E-state index contributed by atoms with van der Waals surface area (Å²) in [5, 5.41) is 12.2. The van der Waals surface area contributed by atoms with Crippen LogP contribution in [0.2, 0.25) is 0 Å². The van der Waals surface area contributed by atoms with Gasteiger partial charge in [-0.15, -0.1) is 11.3 Å². The van der Waals surface area contributed by atoms with Gasteiger partial charge < -0.3 is 10.0 Å². The van der Waals surface area contributed by atoms with Gasteiger partial charge in [-0.2, -0.15) is 0 Å². The summed E-state index contributed by atoms with van der Waals surface area (Å²) in [5.74, 6) is -2.22. The van der Waals surface area contributed by atoms with Gasteiger partial charge in [-0.3, -0.25) is 14.5 Å². The average molecular weight is 383 g/mol. The standard InChI is InChI=1S/C18H26FN3O3S/c1-10-20-12(9-26-10)7-22-6-11(19)5-13(22)8-21(4)16(23)14-15(17(24)25)18(14,2)3/h9,11,13-15H,5-8H2,1-4H3,(H,24,25)/t11-,13-,14-,15+/m0/s1. The molecule has 1 saturated heterocycles. The zero-order valence-corrected chi connectivity index (χ0v) is 16.4. The summed E-state index contributed by atoms with van der Waals surface area (Å²) in [4.78, 5) is 32.1. The number of nitrogens with zero attached hydrogens (tertiary/aromatic N) is 3. The molecule has 1 N–H and O–H groups in total. The van der Waals surface area contributed by atoms with Crippen LogP contribution in [0.1, 0.15) is 31.0 Å². The third-order valence-electron chi connectivity index (χ3n) is 5.73. The Morgan fingerprint density at radius 3 is 2.69 bits per heavy atom. The molecule has 1 saturated carbocycles. The number of carbonyl (C=O) groups excluding carboxylic acids is 1. The predicted molar refractivity (Wildman–Crippen MR) is 96.6 cm³/mol. The van der Waals surface area contributed by atoms with Crippen molar-refractivity contribution in [1.82, 2.24) is 14.8 Å². The molecule has 1 aliphatic heterocycles. The summed E-state index contributed by atoms with van der Waals surface area (Å²) < 4.78 is 14.0. The zero-order valence-electron chi connectivity index (χ0n) is 15.6. The Morgan fingerprint density at radius 2 is 2.15 bits per heavy atom. The third-order valence-corrected chi connectivity index (χ3v) is 6.55. The normalized spacial score (nSPS) is 30.3. The molecule has 0 radical (unpaired) electrons. The first-order valence-corrected chi connectivity index (χ1v) is 9.76. The van der Waals surface area contributed by atoms with Crippen molar-refractivity contribution in [1.29, 1.82) is 0 Å². The Labute approximate surface area is 157 Å². The zero-order chi connectivity index (χ0) is 19.2. The lowest BCUT2D eigenvalue weighted by Gasteiger charge is -2.28. The number of thiazole rings is 1. The number of carboxylic acids is 1. The van der Waals surface area contributed by atoms with Crippen molar-refractivity contribution in [2.45, 2.75) is 46.0 Å². The highest BCUT2D eigenvalue weighted by molar-refractivity contribution is 7.09. The van der Waals surface area contributed by atoms with E-state index in [1.54, 1.807) is 23.3 Å². The van der Waals surface area contributed by atoms with E-state index in [1.807, 2.05) is 31.1 Å². The van der Waals surface area contributed by atoms with E-state index in [1.165, 1.54) is 0 Å². The van der Waals surface area contributed by atoms with Gasteiger partial charge in [0.05, 0.1) is 22.5 Å². The minimum absolute atomic E-state index is 0.0777. The van der Waals surface area contributed by atoms with Crippen molar-refractivity contribution in [2.75, 3.05) is 20.1 Å². The van der Waals surface area contributed by atoms with Gasteiger partial charge >= 0.3 is 5.97 Å². The molecule has 6 nitrogen and oxygen atoms in total. The van der Waals surface area contributed by atoms with Crippen molar-refractivity contribution >= 4 is 23.2 Å². The van der Waals surface area contributed by atoms with Gasteiger partial charge in [-0.1, -0.05) is 13.8 Å². The van der Waals surface area contributed by atoms with Crippen molar-refractivity contribution in [3.8, 4) is 0 Å². The predicted octanol–water partition coefficient (Wildman–Crippen LogP) is 2.18. The van der Waals surface area contributed by atoms with E-state index in [9.17, 15) is 19.1 Å². The maximum absolute atomic E-state index is 14.0. The Balaban J connectivity index is 1.63. The highest BCUT2D eigenvalue weighted by atomic mass is 32.1. The van der Waals surface area contributed by atoms with Gasteiger partial charge in [0.1, 0.15) is 6.17 Å². The van der Waals surface area contributed by atoms with Gasteiger partial charge in [0.2, 0.25) is 5.91 Å². The maximum atomic E-state index is 14.0. The molecule has 3 rings (SSSR count). The summed E-state index contributed by atoms with van der Waals surface area (Å²) in [7, 11) is 1.69. The number of likely N-dealkylation sites (N-methyl/N-ethyl adjacent to an activating group) is 1. The molecule has 8 heteroatoms. The number of hydrogen-bond acceptors (Lipinski definition) is 5. The second-order valence-corrected chi connectivity index (χ2v) is 9.17. The number of carbonyl (C=O) groups is 2. The van der Waals surface area contributed by atoms with Crippen LogP contribution < -0.4 is 0 Å². The minimum atomic E-state index is -0.924. The van der Waals surface area contributed by atoms with Crippen LogP contribution in [-0.4, -0.2) is 64.1 Å². The van der Waals surface area contributed by atoms with Crippen LogP contribution in [0.15, 0.2) is 5.38 Å². The molecular formula is C18H26FN3O3S. The first-order valence-electron chi connectivity index (χ1n) is 8.88. The molecule has 4 atom stereocenters. The number of likely N-dealkylation sites (tertiary alicyclic amines) is 1. The van der Waals surface area contributed by atoms with Gasteiger partial charge in [0.25, 0.3) is 0 Å². The van der Waals surface area contributed by atoms with E-state index < -0.39 is 29.4 Å². The fourth-order valence-electron chi connectivity index (χ4n) is 4.20. The Hall–Kier alpha value is -1.54. The smallest absolute Gasteiger partial charge is 0.307 e. The van der Waals surface area contributed by atoms with Gasteiger partial charge in [-0.25, -0.2) is 9.37 Å². The third kappa shape index (κ3) is 3.62. The lowest BCUT2D eigenvalue weighted by molar-refractivity contribution is -0.141. The molecule has 1 amide bonds. The molecule has 144 valence electrons. The molecule has 0 spiro atoms. The fraction of sp³-hybridized carbons (Fsp3) is 0.722. The van der Waals surface area contributed by atoms with Crippen molar-refractivity contribution in [2.24, 2.45) is 17.3 Å². The van der Waals surface area contributed by atoms with Crippen molar-refractivity contribution < 1.29 is 19.1 Å². The molecule has 1 aromatic rings.